The number of oxime groups is 1. The van der Waals surface area contributed by atoms with Gasteiger partial charge in [-0.1, -0.05) is 5.16 Å². The van der Waals surface area contributed by atoms with Crippen molar-refractivity contribution in [1.29, 1.82) is 0 Å². The van der Waals surface area contributed by atoms with Crippen LogP contribution >= 0.6 is 0 Å². The minimum Gasteiger partial charge on any atom is -0.409 e. The van der Waals surface area contributed by atoms with Crippen LogP contribution < -0.4 is 10.5 Å². The minimum atomic E-state index is -3.46. The van der Waals surface area contributed by atoms with E-state index in [0.29, 0.717) is 6.61 Å². The molecule has 7 nitrogen and oxygen atoms in total. The number of sulfonamides is 1. The maximum absolute atomic E-state index is 11.7. The van der Waals surface area contributed by atoms with Crippen LogP contribution in [0.3, 0.4) is 0 Å². The first-order chi connectivity index (χ1) is 8.00. The molecule has 1 rings (SSSR count). The summed E-state index contributed by atoms with van der Waals surface area (Å²) >= 11 is 0. The molecule has 0 spiro atoms. The van der Waals surface area contributed by atoms with E-state index in [-0.39, 0.29) is 24.1 Å². The van der Waals surface area contributed by atoms with Gasteiger partial charge < -0.3 is 15.7 Å². The molecule has 0 heterocycles. The van der Waals surface area contributed by atoms with Gasteiger partial charge in [0, 0.05) is 6.61 Å². The van der Waals surface area contributed by atoms with Crippen molar-refractivity contribution in [1.82, 2.24) is 4.72 Å². The molecule has 0 saturated heterocycles. The van der Waals surface area contributed by atoms with Gasteiger partial charge in [-0.05, 0) is 25.7 Å². The Morgan fingerprint density at radius 1 is 1.65 bits per heavy atom. The molecule has 0 aromatic rings. The highest BCUT2D eigenvalue weighted by atomic mass is 32.2. The van der Waals surface area contributed by atoms with Crippen molar-refractivity contribution in [2.75, 3.05) is 19.0 Å². The molecule has 17 heavy (non-hydrogen) atoms. The molecule has 4 N–H and O–H groups in total. The second-order valence-corrected chi connectivity index (χ2v) is 5.85. The van der Waals surface area contributed by atoms with Crippen LogP contribution in [0.15, 0.2) is 5.16 Å². The van der Waals surface area contributed by atoms with Crippen LogP contribution in [0, 0.1) is 5.92 Å². The van der Waals surface area contributed by atoms with Crippen molar-refractivity contribution >= 4 is 15.9 Å². The molecule has 1 fully saturated rings. The lowest BCUT2D eigenvalue weighted by atomic mass is 10.2. The summed E-state index contributed by atoms with van der Waals surface area (Å²) in [7, 11) is -3.46. The van der Waals surface area contributed by atoms with Gasteiger partial charge in [-0.15, -0.1) is 0 Å². The highest BCUT2D eigenvalue weighted by Crippen LogP contribution is 2.33. The topological polar surface area (TPSA) is 114 Å². The third-order valence-electron chi connectivity index (χ3n) is 2.53. The average molecular weight is 265 g/mol. The van der Waals surface area contributed by atoms with Crippen molar-refractivity contribution in [2.24, 2.45) is 16.8 Å². The zero-order valence-electron chi connectivity index (χ0n) is 9.80. The summed E-state index contributed by atoms with van der Waals surface area (Å²) in [6, 6.07) is -0.605. The van der Waals surface area contributed by atoms with Gasteiger partial charge in [-0.25, -0.2) is 13.1 Å². The summed E-state index contributed by atoms with van der Waals surface area (Å²) in [5.74, 6) is -0.0804. The monoisotopic (exact) mass is 265 g/mol. The Kier molecular flexibility index (Phi) is 5.16. The van der Waals surface area contributed by atoms with E-state index in [1.54, 1.807) is 6.92 Å². The lowest BCUT2D eigenvalue weighted by molar-refractivity contribution is 0.163. The number of hydrogen-bond donors (Lipinski definition) is 3. The first-order valence-corrected chi connectivity index (χ1v) is 7.20. The zero-order chi connectivity index (χ0) is 12.9. The summed E-state index contributed by atoms with van der Waals surface area (Å²) in [5, 5.41) is 11.5. The van der Waals surface area contributed by atoms with Gasteiger partial charge in [0.15, 0.2) is 5.84 Å². The van der Waals surface area contributed by atoms with Crippen LogP contribution in [0.25, 0.3) is 0 Å². The molecule has 0 aromatic carbocycles. The normalized spacial score (nSPS) is 19.2. The number of nitrogens with zero attached hydrogens (tertiary/aromatic N) is 1. The number of nitrogens with two attached hydrogens (primary N) is 1. The van der Waals surface area contributed by atoms with Gasteiger partial charge >= 0.3 is 0 Å². The molecule has 1 atom stereocenters. The van der Waals surface area contributed by atoms with Crippen LogP contribution in [0.2, 0.25) is 0 Å². The first kappa shape index (κ1) is 14.2. The van der Waals surface area contributed by atoms with Crippen molar-refractivity contribution in [3.05, 3.63) is 0 Å². The highest BCUT2D eigenvalue weighted by molar-refractivity contribution is 7.89. The van der Waals surface area contributed by atoms with E-state index in [1.165, 1.54) is 0 Å². The SMILES string of the molecule is CCOCCS(=O)(=O)NC(C(N)=NO)C1CC1. The Balaban J connectivity index is 2.54. The lowest BCUT2D eigenvalue weighted by Gasteiger charge is -2.16. The van der Waals surface area contributed by atoms with Crippen LogP contribution in [-0.4, -0.2) is 44.5 Å². The second-order valence-electron chi connectivity index (χ2n) is 3.97. The molecule has 1 aliphatic rings. The van der Waals surface area contributed by atoms with Crippen molar-refractivity contribution in [3.8, 4) is 0 Å². The Morgan fingerprint density at radius 3 is 2.76 bits per heavy atom. The molecule has 0 aliphatic heterocycles. The minimum absolute atomic E-state index is 0.0903. The van der Waals surface area contributed by atoms with E-state index in [2.05, 4.69) is 9.88 Å². The fraction of sp³-hybridized carbons (Fsp3) is 0.889. The Bertz CT molecular complexity index is 364. The van der Waals surface area contributed by atoms with E-state index in [1.807, 2.05) is 0 Å². The maximum Gasteiger partial charge on any atom is 0.214 e. The van der Waals surface area contributed by atoms with E-state index in [9.17, 15) is 8.42 Å². The van der Waals surface area contributed by atoms with Crippen LogP contribution in [-0.2, 0) is 14.8 Å². The molecule has 0 aromatic heterocycles. The molecule has 1 saturated carbocycles. The summed E-state index contributed by atoms with van der Waals surface area (Å²) in [6.07, 6.45) is 1.77. The predicted octanol–water partition coefficient (Wildman–Crippen LogP) is -0.533. The van der Waals surface area contributed by atoms with E-state index < -0.39 is 16.1 Å². The van der Waals surface area contributed by atoms with Gasteiger partial charge in [0.2, 0.25) is 10.0 Å². The van der Waals surface area contributed by atoms with Crippen molar-refractivity contribution in [2.45, 2.75) is 25.8 Å². The molecule has 1 unspecified atom stereocenters. The third kappa shape index (κ3) is 4.88. The second kappa shape index (κ2) is 6.18. The van der Waals surface area contributed by atoms with Crippen LogP contribution in [0.5, 0.6) is 0 Å². The number of rotatable bonds is 8. The fourth-order valence-corrected chi connectivity index (χ4v) is 2.61. The Hall–Kier alpha value is -0.860. The molecular weight excluding hydrogens is 246 g/mol. The molecule has 0 radical (unpaired) electrons. The summed E-state index contributed by atoms with van der Waals surface area (Å²) in [6.45, 7) is 2.41. The molecule has 0 bridgehead atoms. The lowest BCUT2D eigenvalue weighted by Crippen LogP contribution is -2.47. The predicted molar refractivity (Wildman–Crippen MR) is 63.3 cm³/mol. The quantitative estimate of drug-likeness (QED) is 0.179. The highest BCUT2D eigenvalue weighted by Gasteiger charge is 2.36. The number of hydrogen-bond acceptors (Lipinski definition) is 5. The van der Waals surface area contributed by atoms with Crippen molar-refractivity contribution in [3.63, 3.8) is 0 Å². The molecule has 100 valence electrons. The van der Waals surface area contributed by atoms with Gasteiger partial charge in [0.05, 0.1) is 18.4 Å². The van der Waals surface area contributed by atoms with Crippen molar-refractivity contribution < 1.29 is 18.4 Å². The molecule has 1 aliphatic carbocycles. The fourth-order valence-electron chi connectivity index (χ4n) is 1.46. The maximum atomic E-state index is 11.7. The van der Waals surface area contributed by atoms with Crippen LogP contribution in [0.4, 0.5) is 0 Å². The Labute approximate surface area is 101 Å². The van der Waals surface area contributed by atoms with Gasteiger partial charge in [-0.2, -0.15) is 0 Å². The van der Waals surface area contributed by atoms with E-state index in [4.69, 9.17) is 15.7 Å². The molecule has 8 heteroatoms. The Morgan fingerprint density at radius 2 is 2.29 bits per heavy atom. The number of amidine groups is 1. The smallest absolute Gasteiger partial charge is 0.214 e. The largest absolute Gasteiger partial charge is 0.409 e. The molecule has 0 amide bonds. The standard InChI is InChI=1S/C9H19N3O4S/c1-2-16-5-6-17(14,15)12-8(7-3-4-7)9(10)11-13/h7-8,12-13H,2-6H2,1H3,(H2,10,11). The number of ether oxygens (including phenoxy) is 1. The van der Waals surface area contributed by atoms with Gasteiger partial charge in [-0.3, -0.25) is 0 Å². The van der Waals surface area contributed by atoms with Gasteiger partial charge in [0.1, 0.15) is 0 Å². The van der Waals surface area contributed by atoms with E-state index >= 15 is 0 Å². The van der Waals surface area contributed by atoms with Gasteiger partial charge in [0.25, 0.3) is 0 Å². The van der Waals surface area contributed by atoms with E-state index in [0.717, 1.165) is 12.8 Å². The average Bonchev–Trinajstić information content (AvgIpc) is 3.09. The molecular formula is C9H19N3O4S. The first-order valence-electron chi connectivity index (χ1n) is 5.55. The zero-order valence-corrected chi connectivity index (χ0v) is 10.6. The summed E-state index contributed by atoms with van der Waals surface area (Å²) < 4.78 is 30.8. The summed E-state index contributed by atoms with van der Waals surface area (Å²) in [5.41, 5.74) is 5.46. The van der Waals surface area contributed by atoms with Crippen LogP contribution in [0.1, 0.15) is 19.8 Å². The number of nitrogens with one attached hydrogen (secondary N) is 1. The summed E-state index contributed by atoms with van der Waals surface area (Å²) in [4.78, 5) is 0. The third-order valence-corrected chi connectivity index (χ3v) is 3.85.